The van der Waals surface area contributed by atoms with Crippen LogP contribution in [-0.4, -0.2) is 43.8 Å². The summed E-state index contributed by atoms with van der Waals surface area (Å²) in [4.78, 5) is 17.2. The summed E-state index contributed by atoms with van der Waals surface area (Å²) in [6.45, 7) is 4.26. The molecule has 1 aromatic heterocycles. The molecule has 3 aromatic rings. The molecule has 2 aromatic carbocycles. The van der Waals surface area contributed by atoms with Gasteiger partial charge >= 0.3 is 0 Å². The van der Waals surface area contributed by atoms with Gasteiger partial charge in [-0.2, -0.15) is 4.31 Å². The van der Waals surface area contributed by atoms with E-state index in [1.54, 1.807) is 19.2 Å². The fourth-order valence-electron chi connectivity index (χ4n) is 2.94. The number of carbonyl (C=O) groups excluding carboxylic acids is 1. The van der Waals surface area contributed by atoms with Crippen molar-refractivity contribution in [1.82, 2.24) is 9.29 Å². The van der Waals surface area contributed by atoms with Gasteiger partial charge in [0, 0.05) is 24.0 Å². The summed E-state index contributed by atoms with van der Waals surface area (Å²) < 4.78 is 32.3. The lowest BCUT2D eigenvalue weighted by Gasteiger charge is -2.19. The highest BCUT2D eigenvalue weighted by atomic mass is 32.2. The molecule has 9 heteroatoms. The first-order valence-electron chi connectivity index (χ1n) is 9.41. The number of rotatable bonds is 8. The van der Waals surface area contributed by atoms with Crippen molar-refractivity contribution in [2.45, 2.75) is 18.7 Å². The lowest BCUT2D eigenvalue weighted by Crippen LogP contribution is -2.30. The van der Waals surface area contributed by atoms with Crippen LogP contribution < -0.4 is 10.1 Å². The zero-order valence-electron chi connectivity index (χ0n) is 17.0. The van der Waals surface area contributed by atoms with E-state index in [1.807, 2.05) is 30.3 Å². The van der Waals surface area contributed by atoms with Crippen molar-refractivity contribution in [3.05, 3.63) is 59.6 Å². The predicted molar refractivity (Wildman–Crippen MR) is 119 cm³/mol. The van der Waals surface area contributed by atoms with Gasteiger partial charge in [0.05, 0.1) is 17.7 Å². The Bertz CT molecular complexity index is 1120. The van der Waals surface area contributed by atoms with E-state index < -0.39 is 15.9 Å². The van der Waals surface area contributed by atoms with E-state index in [-0.39, 0.29) is 16.3 Å². The summed E-state index contributed by atoms with van der Waals surface area (Å²) in [5.41, 5.74) is 1.44. The van der Waals surface area contributed by atoms with Gasteiger partial charge in [0.2, 0.25) is 10.0 Å². The first-order valence-corrected chi connectivity index (χ1v) is 11.7. The zero-order chi connectivity index (χ0) is 21.7. The fourth-order valence-corrected chi connectivity index (χ4v) is 5.23. The molecule has 1 heterocycles. The lowest BCUT2D eigenvalue weighted by molar-refractivity contribution is 0.102. The Morgan fingerprint density at radius 3 is 2.47 bits per heavy atom. The average molecular weight is 446 g/mol. The number of carbonyl (C=O) groups is 1. The minimum absolute atomic E-state index is 0.0885. The monoisotopic (exact) mass is 445 g/mol. The van der Waals surface area contributed by atoms with Crippen LogP contribution in [0.15, 0.2) is 58.8 Å². The van der Waals surface area contributed by atoms with E-state index in [0.717, 1.165) is 10.6 Å². The number of thiazole rings is 1. The molecule has 30 heavy (non-hydrogen) atoms. The van der Waals surface area contributed by atoms with Gasteiger partial charge in [-0.05, 0) is 18.2 Å². The average Bonchev–Trinajstić information content (AvgIpc) is 3.25. The topological polar surface area (TPSA) is 88.6 Å². The molecule has 0 aliphatic heterocycles. The second-order valence-corrected chi connectivity index (χ2v) is 9.11. The SMILES string of the molecule is CCN(CC)S(=O)(=O)c1ccc(OC)c(NC(=O)c2csc(-c3ccccc3)n2)c1. The van der Waals surface area contributed by atoms with E-state index in [9.17, 15) is 13.2 Å². The largest absolute Gasteiger partial charge is 0.495 e. The molecule has 0 bridgehead atoms. The molecule has 0 fully saturated rings. The van der Waals surface area contributed by atoms with E-state index in [0.29, 0.717) is 18.8 Å². The normalized spacial score (nSPS) is 11.5. The van der Waals surface area contributed by atoms with Gasteiger partial charge in [0.15, 0.2) is 0 Å². The smallest absolute Gasteiger partial charge is 0.275 e. The molecule has 7 nitrogen and oxygen atoms in total. The Morgan fingerprint density at radius 1 is 1.13 bits per heavy atom. The molecule has 0 spiro atoms. The third kappa shape index (κ3) is 4.53. The minimum atomic E-state index is -3.67. The van der Waals surface area contributed by atoms with Gasteiger partial charge in [0.1, 0.15) is 16.5 Å². The number of nitrogens with one attached hydrogen (secondary N) is 1. The Kier molecular flexibility index (Phi) is 6.86. The lowest BCUT2D eigenvalue weighted by atomic mass is 10.2. The van der Waals surface area contributed by atoms with Crippen LogP contribution in [-0.2, 0) is 10.0 Å². The van der Waals surface area contributed by atoms with Crippen LogP contribution in [0.5, 0.6) is 5.75 Å². The van der Waals surface area contributed by atoms with Crippen LogP contribution in [0.3, 0.4) is 0 Å². The van der Waals surface area contributed by atoms with Crippen molar-refractivity contribution in [2.24, 2.45) is 0 Å². The van der Waals surface area contributed by atoms with E-state index in [1.165, 1.54) is 41.0 Å². The number of amides is 1. The molecular formula is C21H23N3O4S2. The van der Waals surface area contributed by atoms with Gasteiger partial charge < -0.3 is 10.1 Å². The molecular weight excluding hydrogens is 422 g/mol. The zero-order valence-corrected chi connectivity index (χ0v) is 18.6. The standard InChI is InChI=1S/C21H23N3O4S2/c1-4-24(5-2)30(26,27)16-11-12-19(28-3)17(13-16)22-20(25)18-14-29-21(23-18)15-9-7-6-8-10-15/h6-14H,4-5H2,1-3H3,(H,22,25). The number of nitrogens with zero attached hydrogens (tertiary/aromatic N) is 2. The highest BCUT2D eigenvalue weighted by Crippen LogP contribution is 2.30. The number of hydrogen-bond acceptors (Lipinski definition) is 6. The molecule has 0 atom stereocenters. The number of benzene rings is 2. The summed E-state index contributed by atoms with van der Waals surface area (Å²) in [6, 6.07) is 14.0. The van der Waals surface area contributed by atoms with E-state index in [4.69, 9.17) is 4.74 Å². The molecule has 0 radical (unpaired) electrons. The molecule has 3 rings (SSSR count). The van der Waals surface area contributed by atoms with Crippen molar-refractivity contribution in [1.29, 1.82) is 0 Å². The molecule has 158 valence electrons. The van der Waals surface area contributed by atoms with E-state index >= 15 is 0 Å². The Morgan fingerprint density at radius 2 is 1.83 bits per heavy atom. The van der Waals surface area contributed by atoms with Crippen LogP contribution >= 0.6 is 11.3 Å². The van der Waals surface area contributed by atoms with Crippen LogP contribution in [0.25, 0.3) is 10.6 Å². The summed E-state index contributed by atoms with van der Waals surface area (Å²) >= 11 is 1.36. The number of sulfonamides is 1. The number of anilines is 1. The van der Waals surface area contributed by atoms with Crippen LogP contribution in [0.2, 0.25) is 0 Å². The van der Waals surface area contributed by atoms with Gasteiger partial charge in [-0.15, -0.1) is 11.3 Å². The van der Waals surface area contributed by atoms with Crippen LogP contribution in [0, 0.1) is 0 Å². The highest BCUT2D eigenvalue weighted by Gasteiger charge is 2.23. The molecule has 0 aliphatic rings. The Balaban J connectivity index is 1.89. The first kappa shape index (κ1) is 21.9. The number of aromatic nitrogens is 1. The predicted octanol–water partition coefficient (Wildman–Crippen LogP) is 4.10. The van der Waals surface area contributed by atoms with Gasteiger partial charge in [0.25, 0.3) is 5.91 Å². The first-order chi connectivity index (χ1) is 14.4. The molecule has 1 amide bonds. The second-order valence-electron chi connectivity index (χ2n) is 6.31. The van der Waals surface area contributed by atoms with Crippen molar-refractivity contribution < 1.29 is 17.9 Å². The van der Waals surface area contributed by atoms with Gasteiger partial charge in [-0.3, -0.25) is 4.79 Å². The summed E-state index contributed by atoms with van der Waals surface area (Å²) in [6.07, 6.45) is 0. The molecule has 0 saturated heterocycles. The molecule has 0 saturated carbocycles. The highest BCUT2D eigenvalue weighted by molar-refractivity contribution is 7.89. The van der Waals surface area contributed by atoms with Crippen molar-refractivity contribution in [2.75, 3.05) is 25.5 Å². The van der Waals surface area contributed by atoms with Crippen molar-refractivity contribution in [3.63, 3.8) is 0 Å². The summed E-state index contributed by atoms with van der Waals surface area (Å²) in [7, 11) is -2.21. The van der Waals surface area contributed by atoms with Gasteiger partial charge in [-0.25, -0.2) is 13.4 Å². The van der Waals surface area contributed by atoms with Crippen molar-refractivity contribution in [3.8, 4) is 16.3 Å². The fraction of sp³-hybridized carbons (Fsp3) is 0.238. The van der Waals surface area contributed by atoms with E-state index in [2.05, 4.69) is 10.3 Å². The summed E-state index contributed by atoms with van der Waals surface area (Å²) in [5, 5.41) is 5.12. The second kappa shape index (κ2) is 9.38. The Labute approximate surface area is 180 Å². The minimum Gasteiger partial charge on any atom is -0.495 e. The number of methoxy groups -OCH3 is 1. The van der Waals surface area contributed by atoms with Gasteiger partial charge in [-0.1, -0.05) is 44.2 Å². The summed E-state index contributed by atoms with van der Waals surface area (Å²) in [5.74, 6) is -0.0792. The third-order valence-corrected chi connectivity index (χ3v) is 7.46. The van der Waals surface area contributed by atoms with Crippen LogP contribution in [0.4, 0.5) is 5.69 Å². The number of ether oxygens (including phenoxy) is 1. The third-order valence-electron chi connectivity index (χ3n) is 4.52. The quantitative estimate of drug-likeness (QED) is 0.564. The molecule has 1 N–H and O–H groups in total. The molecule has 0 unspecified atom stereocenters. The van der Waals surface area contributed by atoms with Crippen molar-refractivity contribution >= 4 is 33.0 Å². The maximum atomic E-state index is 12.8. The maximum Gasteiger partial charge on any atom is 0.275 e. The van der Waals surface area contributed by atoms with Crippen LogP contribution in [0.1, 0.15) is 24.3 Å². The maximum absolute atomic E-state index is 12.8. The Hall–Kier alpha value is -2.75. The number of hydrogen-bond donors (Lipinski definition) is 1. The molecule has 0 aliphatic carbocycles.